The standard InChI is InChI=1S/C27H34N4O4/c1-5-34-21-9-10-23-22(16-21)26(28-19-11-13-33-14-12-19)30-25(29-23)18-7-6-8-20(15-18)35-17-24(32)31-27(2,3)4/h6-10,15-16,19H,5,11-14,17H2,1-4H3,(H,31,32)(H,28,29,30). The van der Waals surface area contributed by atoms with Crippen LogP contribution in [0.15, 0.2) is 42.5 Å². The van der Waals surface area contributed by atoms with Gasteiger partial charge in [0.1, 0.15) is 17.3 Å². The Kier molecular flexibility index (Phi) is 7.70. The summed E-state index contributed by atoms with van der Waals surface area (Å²) in [6.07, 6.45) is 1.85. The van der Waals surface area contributed by atoms with Crippen molar-refractivity contribution in [3.05, 3.63) is 42.5 Å². The van der Waals surface area contributed by atoms with Crippen molar-refractivity contribution in [3.8, 4) is 22.9 Å². The van der Waals surface area contributed by atoms with Gasteiger partial charge in [-0.2, -0.15) is 0 Å². The molecule has 2 heterocycles. The minimum atomic E-state index is -0.308. The van der Waals surface area contributed by atoms with Crippen LogP contribution in [0, 0.1) is 0 Å². The molecule has 0 spiro atoms. The molecule has 8 heteroatoms. The number of nitrogens with one attached hydrogen (secondary N) is 2. The van der Waals surface area contributed by atoms with Gasteiger partial charge >= 0.3 is 0 Å². The lowest BCUT2D eigenvalue weighted by atomic mass is 10.1. The van der Waals surface area contributed by atoms with E-state index in [-0.39, 0.29) is 24.1 Å². The first kappa shape index (κ1) is 24.7. The van der Waals surface area contributed by atoms with Gasteiger partial charge in [-0.3, -0.25) is 4.79 Å². The lowest BCUT2D eigenvalue weighted by molar-refractivity contribution is -0.124. The highest BCUT2D eigenvalue weighted by molar-refractivity contribution is 5.92. The Morgan fingerprint density at radius 3 is 2.57 bits per heavy atom. The second-order valence-electron chi connectivity index (χ2n) is 9.65. The molecule has 0 saturated carbocycles. The number of aromatic nitrogens is 2. The van der Waals surface area contributed by atoms with E-state index in [0.717, 1.165) is 54.1 Å². The van der Waals surface area contributed by atoms with Crippen LogP contribution in [-0.4, -0.2) is 53.9 Å². The van der Waals surface area contributed by atoms with Crippen molar-refractivity contribution in [1.29, 1.82) is 0 Å². The summed E-state index contributed by atoms with van der Waals surface area (Å²) in [6.45, 7) is 9.78. The summed E-state index contributed by atoms with van der Waals surface area (Å²) in [5.41, 5.74) is 1.32. The molecule has 8 nitrogen and oxygen atoms in total. The number of fused-ring (bicyclic) bond motifs is 1. The molecule has 0 bridgehead atoms. The fraction of sp³-hybridized carbons (Fsp3) is 0.444. The van der Waals surface area contributed by atoms with Gasteiger partial charge < -0.3 is 24.8 Å². The molecule has 0 radical (unpaired) electrons. The Morgan fingerprint density at radius 2 is 1.83 bits per heavy atom. The van der Waals surface area contributed by atoms with Gasteiger partial charge in [0.15, 0.2) is 12.4 Å². The van der Waals surface area contributed by atoms with E-state index in [0.29, 0.717) is 18.2 Å². The molecule has 0 atom stereocenters. The lowest BCUT2D eigenvalue weighted by Crippen LogP contribution is -2.43. The summed E-state index contributed by atoms with van der Waals surface area (Å²) in [7, 11) is 0. The van der Waals surface area contributed by atoms with Gasteiger partial charge in [0.2, 0.25) is 0 Å². The highest BCUT2D eigenvalue weighted by Gasteiger charge is 2.18. The zero-order chi connectivity index (χ0) is 24.8. The summed E-state index contributed by atoms with van der Waals surface area (Å²) >= 11 is 0. The molecule has 1 aliphatic heterocycles. The molecule has 1 aliphatic rings. The molecular weight excluding hydrogens is 444 g/mol. The van der Waals surface area contributed by atoms with Crippen molar-refractivity contribution in [2.24, 2.45) is 0 Å². The minimum absolute atomic E-state index is 0.0595. The lowest BCUT2D eigenvalue weighted by Gasteiger charge is -2.24. The Morgan fingerprint density at radius 1 is 1.06 bits per heavy atom. The highest BCUT2D eigenvalue weighted by atomic mass is 16.5. The van der Waals surface area contributed by atoms with Gasteiger partial charge in [0.05, 0.1) is 12.1 Å². The number of benzene rings is 2. The molecule has 0 unspecified atom stereocenters. The third kappa shape index (κ3) is 6.82. The van der Waals surface area contributed by atoms with Crippen LogP contribution < -0.4 is 20.1 Å². The van der Waals surface area contributed by atoms with Gasteiger partial charge in [-0.15, -0.1) is 0 Å². The molecule has 4 rings (SSSR count). The molecule has 186 valence electrons. The van der Waals surface area contributed by atoms with Crippen molar-refractivity contribution in [2.75, 3.05) is 31.7 Å². The van der Waals surface area contributed by atoms with E-state index in [2.05, 4.69) is 10.6 Å². The number of amides is 1. The van der Waals surface area contributed by atoms with Crippen molar-refractivity contribution in [3.63, 3.8) is 0 Å². The van der Waals surface area contributed by atoms with Crippen LogP contribution in [0.2, 0.25) is 0 Å². The van der Waals surface area contributed by atoms with Crippen LogP contribution in [0.5, 0.6) is 11.5 Å². The molecule has 3 aromatic rings. The van der Waals surface area contributed by atoms with Gasteiger partial charge in [0.25, 0.3) is 5.91 Å². The van der Waals surface area contributed by atoms with Gasteiger partial charge in [-0.25, -0.2) is 9.97 Å². The van der Waals surface area contributed by atoms with Crippen molar-refractivity contribution in [1.82, 2.24) is 15.3 Å². The Labute approximate surface area is 206 Å². The topological polar surface area (TPSA) is 94.6 Å². The largest absolute Gasteiger partial charge is 0.494 e. The van der Waals surface area contributed by atoms with Gasteiger partial charge in [0, 0.05) is 35.7 Å². The second kappa shape index (κ2) is 10.9. The maximum atomic E-state index is 12.2. The van der Waals surface area contributed by atoms with E-state index in [1.54, 1.807) is 0 Å². The zero-order valence-corrected chi connectivity index (χ0v) is 20.9. The quantitative estimate of drug-likeness (QED) is 0.489. The van der Waals surface area contributed by atoms with E-state index in [1.165, 1.54) is 0 Å². The third-order valence-corrected chi connectivity index (χ3v) is 5.52. The van der Waals surface area contributed by atoms with Crippen molar-refractivity contribution in [2.45, 2.75) is 52.1 Å². The van der Waals surface area contributed by atoms with Gasteiger partial charge in [-0.05, 0) is 70.9 Å². The number of nitrogens with zero attached hydrogens (tertiary/aromatic N) is 2. The summed E-state index contributed by atoms with van der Waals surface area (Å²) in [6, 6.07) is 13.6. The monoisotopic (exact) mass is 478 g/mol. The molecule has 2 aromatic carbocycles. The van der Waals surface area contributed by atoms with Crippen LogP contribution in [0.3, 0.4) is 0 Å². The first-order chi connectivity index (χ1) is 16.8. The minimum Gasteiger partial charge on any atom is -0.494 e. The highest BCUT2D eigenvalue weighted by Crippen LogP contribution is 2.30. The number of hydrogen-bond acceptors (Lipinski definition) is 7. The van der Waals surface area contributed by atoms with E-state index in [4.69, 9.17) is 24.2 Å². The second-order valence-corrected chi connectivity index (χ2v) is 9.65. The van der Waals surface area contributed by atoms with E-state index >= 15 is 0 Å². The average Bonchev–Trinajstić information content (AvgIpc) is 2.83. The smallest absolute Gasteiger partial charge is 0.258 e. The van der Waals surface area contributed by atoms with E-state index in [1.807, 2.05) is 70.2 Å². The fourth-order valence-electron chi connectivity index (χ4n) is 3.97. The summed E-state index contributed by atoms with van der Waals surface area (Å²) in [5.74, 6) is 2.56. The normalized spacial score (nSPS) is 14.5. The van der Waals surface area contributed by atoms with Gasteiger partial charge in [-0.1, -0.05) is 12.1 Å². The summed E-state index contributed by atoms with van der Waals surface area (Å²) in [5, 5.41) is 7.42. The molecule has 1 aromatic heterocycles. The maximum Gasteiger partial charge on any atom is 0.258 e. The number of rotatable bonds is 8. The molecular formula is C27H34N4O4. The Hall–Kier alpha value is -3.39. The van der Waals surface area contributed by atoms with E-state index < -0.39 is 0 Å². The summed E-state index contributed by atoms with van der Waals surface area (Å²) in [4.78, 5) is 21.9. The summed E-state index contributed by atoms with van der Waals surface area (Å²) < 4.78 is 17.0. The van der Waals surface area contributed by atoms with Crippen LogP contribution in [0.25, 0.3) is 22.3 Å². The number of carbonyl (C=O) groups excluding carboxylic acids is 1. The predicted octanol–water partition coefficient (Wildman–Crippen LogP) is 4.58. The number of hydrogen-bond donors (Lipinski definition) is 2. The van der Waals surface area contributed by atoms with Crippen LogP contribution in [0.4, 0.5) is 5.82 Å². The maximum absolute atomic E-state index is 12.2. The van der Waals surface area contributed by atoms with Crippen LogP contribution in [0.1, 0.15) is 40.5 Å². The Bertz CT molecular complexity index is 1170. The molecule has 35 heavy (non-hydrogen) atoms. The van der Waals surface area contributed by atoms with E-state index in [9.17, 15) is 4.79 Å². The van der Waals surface area contributed by atoms with Crippen molar-refractivity contribution < 1.29 is 19.0 Å². The fourth-order valence-corrected chi connectivity index (χ4v) is 3.97. The molecule has 2 N–H and O–H groups in total. The van der Waals surface area contributed by atoms with Crippen molar-refractivity contribution >= 4 is 22.6 Å². The molecule has 0 aliphatic carbocycles. The predicted molar refractivity (Wildman–Crippen MR) is 137 cm³/mol. The molecule has 1 amide bonds. The third-order valence-electron chi connectivity index (χ3n) is 5.52. The Balaban J connectivity index is 1.62. The SMILES string of the molecule is CCOc1ccc2nc(-c3cccc(OCC(=O)NC(C)(C)C)c3)nc(NC3CCOCC3)c2c1. The van der Waals surface area contributed by atoms with Crippen LogP contribution in [-0.2, 0) is 9.53 Å². The zero-order valence-electron chi connectivity index (χ0n) is 20.9. The number of ether oxygens (including phenoxy) is 3. The first-order valence-electron chi connectivity index (χ1n) is 12.1. The molecule has 1 fully saturated rings. The average molecular weight is 479 g/mol. The molecule has 1 saturated heterocycles. The van der Waals surface area contributed by atoms with Crippen LogP contribution >= 0.6 is 0 Å². The first-order valence-corrected chi connectivity index (χ1v) is 12.1. The number of carbonyl (C=O) groups is 1. The number of anilines is 1.